The van der Waals surface area contributed by atoms with E-state index in [1.807, 2.05) is 0 Å². The molecule has 0 saturated heterocycles. The first-order valence-electron chi connectivity index (χ1n) is 10.4. The second kappa shape index (κ2) is 5.82. The van der Waals surface area contributed by atoms with Crippen LogP contribution in [-0.4, -0.2) is 17.9 Å². The monoisotopic (exact) mass is 346 g/mol. The van der Waals surface area contributed by atoms with Crippen molar-refractivity contribution in [1.29, 1.82) is 0 Å². The van der Waals surface area contributed by atoms with E-state index in [-0.39, 0.29) is 17.5 Å². The molecule has 8 atom stereocenters. The highest BCUT2D eigenvalue weighted by Gasteiger charge is 2.62. The largest absolute Gasteiger partial charge is 0.462 e. The van der Waals surface area contributed by atoms with Crippen LogP contribution in [-0.2, 0) is 14.3 Å². The smallest absolute Gasteiger partial charge is 0.302 e. The Morgan fingerprint density at radius 3 is 2.52 bits per heavy atom. The molecular weight excluding hydrogens is 312 g/mol. The lowest BCUT2D eigenvalue weighted by molar-refractivity contribution is -0.167. The SMILES string of the molecule is CC(=O)O[C@H]1CC[C@H]2[C@@H]3[C@H](C)C[C@H]4CC(=O)CC[C@]4(C)[C@H]3CC[C@@]12C. The van der Waals surface area contributed by atoms with E-state index in [4.69, 9.17) is 4.74 Å². The van der Waals surface area contributed by atoms with E-state index in [2.05, 4.69) is 20.8 Å². The summed E-state index contributed by atoms with van der Waals surface area (Å²) in [5.41, 5.74) is 0.515. The number of carbonyl (C=O) groups is 2. The topological polar surface area (TPSA) is 43.4 Å². The van der Waals surface area contributed by atoms with Gasteiger partial charge in [-0.2, -0.15) is 0 Å². The van der Waals surface area contributed by atoms with Crippen molar-refractivity contribution < 1.29 is 14.3 Å². The summed E-state index contributed by atoms with van der Waals surface area (Å²) in [6.45, 7) is 8.87. The summed E-state index contributed by atoms with van der Waals surface area (Å²) in [7, 11) is 0. The molecule has 0 N–H and O–H groups in total. The Labute approximate surface area is 152 Å². The Balaban J connectivity index is 1.63. The van der Waals surface area contributed by atoms with Crippen molar-refractivity contribution in [2.45, 2.75) is 85.2 Å². The molecule has 3 nitrogen and oxygen atoms in total. The van der Waals surface area contributed by atoms with Crippen molar-refractivity contribution in [2.75, 3.05) is 0 Å². The van der Waals surface area contributed by atoms with Crippen LogP contribution in [0.2, 0.25) is 0 Å². The highest BCUT2D eigenvalue weighted by molar-refractivity contribution is 5.79. The van der Waals surface area contributed by atoms with Crippen molar-refractivity contribution in [3.05, 3.63) is 0 Å². The number of hydrogen-bond acceptors (Lipinski definition) is 3. The van der Waals surface area contributed by atoms with Crippen LogP contribution in [0.4, 0.5) is 0 Å². The minimum absolute atomic E-state index is 0.113. The number of fused-ring (bicyclic) bond motifs is 5. The Kier molecular flexibility index (Phi) is 4.09. The van der Waals surface area contributed by atoms with E-state index >= 15 is 0 Å². The van der Waals surface area contributed by atoms with E-state index in [9.17, 15) is 9.59 Å². The van der Waals surface area contributed by atoms with Crippen LogP contribution in [0.25, 0.3) is 0 Å². The number of Topliss-reactive ketones (excluding diaryl/α,β-unsaturated/α-hetero) is 1. The third-order valence-corrected chi connectivity index (χ3v) is 9.06. The first kappa shape index (κ1) is 17.5. The molecule has 140 valence electrons. The molecule has 4 aliphatic carbocycles. The predicted octanol–water partition coefficient (Wildman–Crippen LogP) is 4.78. The highest BCUT2D eigenvalue weighted by atomic mass is 16.5. The highest BCUT2D eigenvalue weighted by Crippen LogP contribution is 2.67. The zero-order chi connectivity index (χ0) is 18.0. The summed E-state index contributed by atoms with van der Waals surface area (Å²) >= 11 is 0. The number of ketones is 1. The molecule has 0 unspecified atom stereocenters. The van der Waals surface area contributed by atoms with Gasteiger partial charge >= 0.3 is 5.97 Å². The van der Waals surface area contributed by atoms with Crippen LogP contribution >= 0.6 is 0 Å². The van der Waals surface area contributed by atoms with Gasteiger partial charge in [0, 0.05) is 25.2 Å². The van der Waals surface area contributed by atoms with Gasteiger partial charge < -0.3 is 4.74 Å². The van der Waals surface area contributed by atoms with Gasteiger partial charge in [0.15, 0.2) is 0 Å². The van der Waals surface area contributed by atoms with Gasteiger partial charge in [0.1, 0.15) is 11.9 Å². The summed E-state index contributed by atoms with van der Waals surface area (Å²) in [6.07, 6.45) is 8.72. The zero-order valence-corrected chi connectivity index (χ0v) is 16.3. The molecule has 0 bridgehead atoms. The lowest BCUT2D eigenvalue weighted by Gasteiger charge is -2.62. The molecule has 4 fully saturated rings. The fourth-order valence-electron chi connectivity index (χ4n) is 7.77. The lowest BCUT2D eigenvalue weighted by Crippen LogP contribution is -2.56. The quantitative estimate of drug-likeness (QED) is 0.642. The average Bonchev–Trinajstić information content (AvgIpc) is 2.85. The van der Waals surface area contributed by atoms with E-state index in [0.717, 1.165) is 37.5 Å². The first-order valence-corrected chi connectivity index (χ1v) is 10.4. The number of rotatable bonds is 1. The Morgan fingerprint density at radius 2 is 1.80 bits per heavy atom. The fraction of sp³-hybridized carbons (Fsp3) is 0.909. The van der Waals surface area contributed by atoms with Gasteiger partial charge in [-0.3, -0.25) is 9.59 Å². The predicted molar refractivity (Wildman–Crippen MR) is 96.8 cm³/mol. The lowest BCUT2D eigenvalue weighted by atomic mass is 9.43. The fourth-order valence-corrected chi connectivity index (χ4v) is 7.77. The maximum Gasteiger partial charge on any atom is 0.302 e. The minimum atomic E-state index is -0.122. The molecule has 3 heteroatoms. The molecule has 0 spiro atoms. The molecule has 0 aromatic heterocycles. The standard InChI is InChI=1S/C22H34O3/c1-13-11-15-12-16(24)7-9-21(15,3)18-8-10-22(4)17(20(13)18)5-6-19(22)25-14(2)23/h13,15,17-20H,5-12H2,1-4H3/t13-,15+,17+,18+,19+,20+,21+,22-/m1/s1. The van der Waals surface area contributed by atoms with E-state index in [1.54, 1.807) is 6.92 Å². The number of carbonyl (C=O) groups excluding carboxylic acids is 2. The molecule has 0 amide bonds. The molecule has 0 aromatic carbocycles. The van der Waals surface area contributed by atoms with E-state index in [0.29, 0.717) is 29.0 Å². The molecule has 0 heterocycles. The minimum Gasteiger partial charge on any atom is -0.462 e. The molecule has 25 heavy (non-hydrogen) atoms. The van der Waals surface area contributed by atoms with Crippen molar-refractivity contribution in [3.8, 4) is 0 Å². The summed E-state index contributed by atoms with van der Waals surface area (Å²) in [6, 6.07) is 0. The number of hydrogen-bond donors (Lipinski definition) is 0. The summed E-state index contributed by atoms with van der Waals surface area (Å²) in [4.78, 5) is 23.6. The zero-order valence-electron chi connectivity index (χ0n) is 16.3. The maximum absolute atomic E-state index is 12.1. The molecular formula is C22H34O3. The average molecular weight is 347 g/mol. The van der Waals surface area contributed by atoms with Crippen LogP contribution in [0, 0.1) is 40.4 Å². The molecule has 4 saturated carbocycles. The van der Waals surface area contributed by atoms with Gasteiger partial charge in [-0.05, 0) is 73.5 Å². The van der Waals surface area contributed by atoms with Gasteiger partial charge in [-0.15, -0.1) is 0 Å². The molecule has 0 aliphatic heterocycles. The molecule has 4 rings (SSSR count). The van der Waals surface area contributed by atoms with E-state index in [1.165, 1.54) is 25.7 Å². The summed E-state index contributed by atoms with van der Waals surface area (Å²) in [5, 5.41) is 0. The van der Waals surface area contributed by atoms with Crippen LogP contribution in [0.1, 0.15) is 79.1 Å². The van der Waals surface area contributed by atoms with Gasteiger partial charge in [0.05, 0.1) is 0 Å². The Morgan fingerprint density at radius 1 is 1.08 bits per heavy atom. The first-order chi connectivity index (χ1) is 11.8. The molecule has 4 aliphatic rings. The third-order valence-electron chi connectivity index (χ3n) is 9.06. The van der Waals surface area contributed by atoms with Crippen molar-refractivity contribution >= 4 is 11.8 Å². The van der Waals surface area contributed by atoms with E-state index < -0.39 is 0 Å². The summed E-state index contributed by atoms with van der Waals surface area (Å²) in [5.74, 6) is 3.83. The van der Waals surface area contributed by atoms with Gasteiger partial charge in [0.2, 0.25) is 0 Å². The van der Waals surface area contributed by atoms with Crippen LogP contribution in [0.15, 0.2) is 0 Å². The Bertz CT molecular complexity index is 584. The molecule has 0 radical (unpaired) electrons. The maximum atomic E-state index is 12.1. The van der Waals surface area contributed by atoms with Gasteiger partial charge in [-0.25, -0.2) is 0 Å². The van der Waals surface area contributed by atoms with Crippen molar-refractivity contribution in [3.63, 3.8) is 0 Å². The number of esters is 1. The van der Waals surface area contributed by atoms with Crippen LogP contribution < -0.4 is 0 Å². The molecule has 0 aromatic rings. The second-order valence-corrected chi connectivity index (χ2v) is 10.2. The second-order valence-electron chi connectivity index (χ2n) is 10.2. The van der Waals surface area contributed by atoms with Gasteiger partial charge in [0.25, 0.3) is 0 Å². The number of ether oxygens (including phenoxy) is 1. The van der Waals surface area contributed by atoms with Crippen molar-refractivity contribution in [2.24, 2.45) is 40.4 Å². The van der Waals surface area contributed by atoms with Crippen LogP contribution in [0.5, 0.6) is 0 Å². The normalized spacial score (nSPS) is 52.1. The van der Waals surface area contributed by atoms with Gasteiger partial charge in [-0.1, -0.05) is 20.8 Å². The summed E-state index contributed by atoms with van der Waals surface area (Å²) < 4.78 is 5.76. The third kappa shape index (κ3) is 2.51. The Hall–Kier alpha value is -0.860. The van der Waals surface area contributed by atoms with Crippen molar-refractivity contribution in [1.82, 2.24) is 0 Å². The van der Waals surface area contributed by atoms with Crippen LogP contribution in [0.3, 0.4) is 0 Å².